The molecule has 0 saturated carbocycles. The Kier molecular flexibility index (Phi) is 10.9. The second kappa shape index (κ2) is 11.4. The molecule has 1 aromatic carbocycles. The van der Waals surface area contributed by atoms with Crippen molar-refractivity contribution in [2.45, 2.75) is 33.2 Å². The summed E-state index contributed by atoms with van der Waals surface area (Å²) in [6.45, 7) is 7.36. The molecule has 2 aromatic rings. The number of nitrogens with one attached hydrogen (secondary N) is 2. The third kappa shape index (κ3) is 7.28. The number of rotatable bonds is 7. The van der Waals surface area contributed by atoms with Crippen LogP contribution >= 0.6 is 36.2 Å². The van der Waals surface area contributed by atoms with Crippen molar-refractivity contribution in [3.05, 3.63) is 51.2 Å². The fourth-order valence-electron chi connectivity index (χ4n) is 2.26. The van der Waals surface area contributed by atoms with Crippen molar-refractivity contribution >= 4 is 42.1 Å². The number of nitrogens with zero attached hydrogens (tertiary/aromatic N) is 1. The molecule has 0 saturated heterocycles. The molecule has 0 bridgehead atoms. The topological polar surface area (TPSA) is 54.0 Å². The van der Waals surface area contributed by atoms with E-state index >= 15 is 0 Å². The van der Waals surface area contributed by atoms with E-state index in [0.717, 1.165) is 22.8 Å². The standard InChI is InChI=1S/C17H22FN3OS.2ClH/c1-4-19-11(2)10-20-17(22)16-12(3)21-15(23-16)9-13-5-7-14(18)8-6-13;;/h5-8,11,19H,4,9-10H2,1-3H3,(H,20,22);2*1H/t11-;;/m1../s1. The first-order chi connectivity index (χ1) is 11.0. The van der Waals surface area contributed by atoms with Crippen molar-refractivity contribution in [2.24, 2.45) is 0 Å². The molecule has 0 unspecified atom stereocenters. The normalized spacial score (nSPS) is 11.2. The van der Waals surface area contributed by atoms with Gasteiger partial charge in [0.05, 0.1) is 10.7 Å². The predicted octanol–water partition coefficient (Wildman–Crippen LogP) is 3.75. The molecule has 8 heteroatoms. The molecule has 0 radical (unpaired) electrons. The van der Waals surface area contributed by atoms with Crippen LogP contribution in [0.3, 0.4) is 0 Å². The third-order valence-corrected chi connectivity index (χ3v) is 4.59. The Morgan fingerprint density at radius 3 is 2.52 bits per heavy atom. The van der Waals surface area contributed by atoms with Crippen molar-refractivity contribution in [3.63, 3.8) is 0 Å². The highest BCUT2D eigenvalue weighted by Crippen LogP contribution is 2.21. The molecule has 2 rings (SSSR count). The van der Waals surface area contributed by atoms with E-state index in [1.54, 1.807) is 12.1 Å². The van der Waals surface area contributed by atoms with E-state index in [0.29, 0.717) is 17.8 Å². The van der Waals surface area contributed by atoms with E-state index in [4.69, 9.17) is 0 Å². The maximum atomic E-state index is 12.9. The molecule has 0 fully saturated rings. The Balaban J connectivity index is 0.00000288. The lowest BCUT2D eigenvalue weighted by molar-refractivity contribution is 0.0953. The lowest BCUT2D eigenvalue weighted by Crippen LogP contribution is -2.38. The van der Waals surface area contributed by atoms with E-state index in [1.807, 2.05) is 20.8 Å². The summed E-state index contributed by atoms with van der Waals surface area (Å²) in [5, 5.41) is 7.04. The van der Waals surface area contributed by atoms with Crippen molar-refractivity contribution in [1.29, 1.82) is 0 Å². The number of hydrogen-bond acceptors (Lipinski definition) is 4. The predicted molar refractivity (Wildman–Crippen MR) is 106 cm³/mol. The highest BCUT2D eigenvalue weighted by Gasteiger charge is 2.16. The molecule has 0 aliphatic rings. The highest BCUT2D eigenvalue weighted by atomic mass is 35.5. The number of amides is 1. The maximum absolute atomic E-state index is 12.9. The molecule has 2 N–H and O–H groups in total. The van der Waals surface area contributed by atoms with Crippen molar-refractivity contribution in [1.82, 2.24) is 15.6 Å². The van der Waals surface area contributed by atoms with Gasteiger partial charge in [-0.1, -0.05) is 19.1 Å². The van der Waals surface area contributed by atoms with Crippen molar-refractivity contribution in [2.75, 3.05) is 13.1 Å². The summed E-state index contributed by atoms with van der Waals surface area (Å²) in [7, 11) is 0. The number of aryl methyl sites for hydroxylation is 1. The molecule has 0 aliphatic heterocycles. The molecule has 140 valence electrons. The smallest absolute Gasteiger partial charge is 0.263 e. The van der Waals surface area contributed by atoms with Crippen LogP contribution in [0.2, 0.25) is 0 Å². The van der Waals surface area contributed by atoms with E-state index in [9.17, 15) is 9.18 Å². The fraction of sp³-hybridized carbons (Fsp3) is 0.412. The molecule has 1 heterocycles. The van der Waals surface area contributed by atoms with E-state index in [2.05, 4.69) is 15.6 Å². The van der Waals surface area contributed by atoms with Crippen LogP contribution in [0, 0.1) is 12.7 Å². The monoisotopic (exact) mass is 407 g/mol. The Morgan fingerprint density at radius 2 is 1.92 bits per heavy atom. The first-order valence-electron chi connectivity index (χ1n) is 7.72. The lowest BCUT2D eigenvalue weighted by Gasteiger charge is -2.12. The van der Waals surface area contributed by atoms with Gasteiger partial charge in [-0.25, -0.2) is 9.37 Å². The quantitative estimate of drug-likeness (QED) is 0.734. The summed E-state index contributed by atoms with van der Waals surface area (Å²) >= 11 is 1.39. The van der Waals surface area contributed by atoms with Crippen LogP contribution in [0.1, 0.15) is 39.8 Å². The van der Waals surface area contributed by atoms with Crippen LogP contribution in [-0.2, 0) is 6.42 Å². The summed E-state index contributed by atoms with van der Waals surface area (Å²) in [4.78, 5) is 17.4. The van der Waals surface area contributed by atoms with Gasteiger partial charge in [-0.05, 0) is 38.1 Å². The zero-order chi connectivity index (χ0) is 16.8. The van der Waals surface area contributed by atoms with Gasteiger partial charge in [0.1, 0.15) is 10.7 Å². The Morgan fingerprint density at radius 1 is 1.28 bits per heavy atom. The maximum Gasteiger partial charge on any atom is 0.263 e. The molecule has 0 spiro atoms. The van der Waals surface area contributed by atoms with Gasteiger partial charge in [-0.15, -0.1) is 36.2 Å². The van der Waals surface area contributed by atoms with E-state index < -0.39 is 0 Å². The number of benzene rings is 1. The van der Waals surface area contributed by atoms with Crippen molar-refractivity contribution < 1.29 is 9.18 Å². The number of carbonyl (C=O) groups is 1. The van der Waals surface area contributed by atoms with Gasteiger partial charge in [0.15, 0.2) is 0 Å². The molecule has 1 aromatic heterocycles. The van der Waals surface area contributed by atoms with Gasteiger partial charge in [-0.3, -0.25) is 4.79 Å². The second-order valence-electron chi connectivity index (χ2n) is 5.49. The molecule has 1 amide bonds. The second-order valence-corrected chi connectivity index (χ2v) is 6.58. The number of carbonyl (C=O) groups excluding carboxylic acids is 1. The van der Waals surface area contributed by atoms with Gasteiger partial charge >= 0.3 is 0 Å². The molecule has 25 heavy (non-hydrogen) atoms. The molecule has 0 aliphatic carbocycles. The molecule has 4 nitrogen and oxygen atoms in total. The summed E-state index contributed by atoms with van der Waals surface area (Å²) in [6.07, 6.45) is 0.604. The lowest BCUT2D eigenvalue weighted by atomic mass is 10.1. The van der Waals surface area contributed by atoms with E-state index in [1.165, 1.54) is 23.5 Å². The van der Waals surface area contributed by atoms with Crippen LogP contribution in [0.25, 0.3) is 0 Å². The largest absolute Gasteiger partial charge is 0.350 e. The summed E-state index contributed by atoms with van der Waals surface area (Å²) in [6, 6.07) is 6.58. The first kappa shape index (κ1) is 23.8. The molecular formula is C17H24Cl2FN3OS. The minimum Gasteiger partial charge on any atom is -0.350 e. The highest BCUT2D eigenvalue weighted by molar-refractivity contribution is 7.13. The van der Waals surface area contributed by atoms with Crippen LogP contribution < -0.4 is 10.6 Å². The van der Waals surface area contributed by atoms with Gasteiger partial charge in [-0.2, -0.15) is 0 Å². The van der Waals surface area contributed by atoms with Crippen LogP contribution in [0.5, 0.6) is 0 Å². The number of hydrogen-bond donors (Lipinski definition) is 2. The Labute approximate surface area is 164 Å². The number of likely N-dealkylation sites (N-methyl/N-ethyl adjacent to an activating group) is 1. The van der Waals surface area contributed by atoms with Crippen LogP contribution in [0.4, 0.5) is 4.39 Å². The van der Waals surface area contributed by atoms with Crippen LogP contribution in [-0.4, -0.2) is 30.0 Å². The van der Waals surface area contributed by atoms with Gasteiger partial charge in [0.25, 0.3) is 5.91 Å². The summed E-state index contributed by atoms with van der Waals surface area (Å²) in [5.41, 5.74) is 1.72. The third-order valence-electron chi connectivity index (χ3n) is 3.44. The summed E-state index contributed by atoms with van der Waals surface area (Å²) in [5.74, 6) is -0.339. The Bertz CT molecular complexity index is 664. The number of halogens is 3. The number of aromatic nitrogens is 1. The number of thiazole rings is 1. The average Bonchev–Trinajstić information content (AvgIpc) is 2.88. The molecule has 1 atom stereocenters. The minimum absolute atomic E-state index is 0. The first-order valence-corrected chi connectivity index (χ1v) is 8.53. The van der Waals surface area contributed by atoms with E-state index in [-0.39, 0.29) is 42.6 Å². The zero-order valence-corrected chi connectivity index (χ0v) is 16.9. The molecular weight excluding hydrogens is 384 g/mol. The average molecular weight is 408 g/mol. The summed E-state index contributed by atoms with van der Waals surface area (Å²) < 4.78 is 12.9. The minimum atomic E-state index is -0.251. The van der Waals surface area contributed by atoms with Gasteiger partial charge in [0.2, 0.25) is 0 Å². The fourth-order valence-corrected chi connectivity index (χ4v) is 3.28. The van der Waals surface area contributed by atoms with Gasteiger partial charge in [0, 0.05) is 19.0 Å². The van der Waals surface area contributed by atoms with Gasteiger partial charge < -0.3 is 10.6 Å². The van der Waals surface area contributed by atoms with Crippen LogP contribution in [0.15, 0.2) is 24.3 Å². The SMILES string of the molecule is CCN[C@H](C)CNC(=O)c1sc(Cc2ccc(F)cc2)nc1C.Cl.Cl. The Hall–Kier alpha value is -1.21. The zero-order valence-electron chi connectivity index (χ0n) is 14.5. The van der Waals surface area contributed by atoms with Crippen molar-refractivity contribution in [3.8, 4) is 0 Å².